The maximum absolute atomic E-state index is 13.2. The van der Waals surface area contributed by atoms with Gasteiger partial charge in [0.05, 0.1) is 5.92 Å². The van der Waals surface area contributed by atoms with Gasteiger partial charge in [-0.15, -0.1) is 0 Å². The van der Waals surface area contributed by atoms with Crippen LogP contribution in [0.4, 0.5) is 4.39 Å². The summed E-state index contributed by atoms with van der Waals surface area (Å²) in [6, 6.07) is 6.33. The summed E-state index contributed by atoms with van der Waals surface area (Å²) in [6.45, 7) is 1.34. The first-order valence-electron chi connectivity index (χ1n) is 8.85. The second-order valence-corrected chi connectivity index (χ2v) is 6.76. The Bertz CT molecular complexity index is 596. The van der Waals surface area contributed by atoms with Gasteiger partial charge in [0.25, 0.3) is 5.91 Å². The Morgan fingerprint density at radius 3 is 2.54 bits per heavy atom. The summed E-state index contributed by atoms with van der Waals surface area (Å²) >= 11 is 0. The molecule has 130 valence electrons. The SMILES string of the molecule is O=C(OCC(=O)N1CCCCCCC1)[C@H]1C[C@@H]1c1cccc(F)c1. The summed E-state index contributed by atoms with van der Waals surface area (Å²) in [4.78, 5) is 26.1. The quantitative estimate of drug-likeness (QED) is 0.795. The lowest BCUT2D eigenvalue weighted by atomic mass is 10.1. The minimum atomic E-state index is -0.343. The molecule has 1 amide bonds. The van der Waals surface area contributed by atoms with Crippen molar-refractivity contribution in [3.05, 3.63) is 35.6 Å². The van der Waals surface area contributed by atoms with E-state index in [4.69, 9.17) is 4.74 Å². The fourth-order valence-electron chi connectivity index (χ4n) is 3.39. The van der Waals surface area contributed by atoms with E-state index in [0.29, 0.717) is 6.42 Å². The summed E-state index contributed by atoms with van der Waals surface area (Å²) < 4.78 is 18.5. The average Bonchev–Trinajstić information content (AvgIpc) is 3.33. The predicted molar refractivity (Wildman–Crippen MR) is 87.9 cm³/mol. The predicted octanol–water partition coefficient (Wildman–Crippen LogP) is 3.27. The van der Waals surface area contributed by atoms with E-state index < -0.39 is 0 Å². The van der Waals surface area contributed by atoms with Gasteiger partial charge >= 0.3 is 5.97 Å². The molecular weight excluding hydrogens is 309 g/mol. The van der Waals surface area contributed by atoms with Crippen molar-refractivity contribution >= 4 is 11.9 Å². The normalized spacial score (nSPS) is 24.0. The number of carbonyl (C=O) groups is 2. The van der Waals surface area contributed by atoms with E-state index in [0.717, 1.165) is 44.3 Å². The molecule has 1 heterocycles. The maximum atomic E-state index is 13.2. The molecule has 2 fully saturated rings. The van der Waals surface area contributed by atoms with Gasteiger partial charge in [0, 0.05) is 13.1 Å². The molecular formula is C19H24FNO3. The van der Waals surface area contributed by atoms with Gasteiger partial charge in [0.15, 0.2) is 6.61 Å². The molecule has 0 N–H and O–H groups in total. The maximum Gasteiger partial charge on any atom is 0.310 e. The van der Waals surface area contributed by atoms with E-state index in [9.17, 15) is 14.0 Å². The lowest BCUT2D eigenvalue weighted by Gasteiger charge is -2.24. The topological polar surface area (TPSA) is 46.6 Å². The third-order valence-electron chi connectivity index (χ3n) is 4.92. The van der Waals surface area contributed by atoms with E-state index in [1.54, 1.807) is 6.07 Å². The van der Waals surface area contributed by atoms with E-state index in [1.807, 2.05) is 11.0 Å². The molecule has 0 radical (unpaired) electrons. The van der Waals surface area contributed by atoms with Crippen LogP contribution in [-0.2, 0) is 14.3 Å². The van der Waals surface area contributed by atoms with Crippen LogP contribution in [0.5, 0.6) is 0 Å². The fourth-order valence-corrected chi connectivity index (χ4v) is 3.39. The third kappa shape index (κ3) is 4.34. The Labute approximate surface area is 142 Å². The Morgan fingerprint density at radius 1 is 1.12 bits per heavy atom. The molecule has 0 aromatic heterocycles. The molecule has 4 nitrogen and oxygen atoms in total. The number of likely N-dealkylation sites (tertiary alicyclic amines) is 1. The molecule has 2 atom stereocenters. The molecule has 1 aromatic carbocycles. The zero-order chi connectivity index (χ0) is 16.9. The number of hydrogen-bond donors (Lipinski definition) is 0. The monoisotopic (exact) mass is 333 g/mol. The zero-order valence-corrected chi connectivity index (χ0v) is 13.9. The highest BCUT2D eigenvalue weighted by molar-refractivity contribution is 5.83. The largest absolute Gasteiger partial charge is 0.455 e. The van der Waals surface area contributed by atoms with Crippen molar-refractivity contribution in [2.75, 3.05) is 19.7 Å². The van der Waals surface area contributed by atoms with Gasteiger partial charge in [-0.25, -0.2) is 4.39 Å². The molecule has 1 saturated heterocycles. The smallest absolute Gasteiger partial charge is 0.310 e. The number of halogens is 1. The van der Waals surface area contributed by atoms with Gasteiger partial charge in [0.2, 0.25) is 0 Å². The van der Waals surface area contributed by atoms with Crippen LogP contribution in [0.1, 0.15) is 50.0 Å². The summed E-state index contributed by atoms with van der Waals surface area (Å²) in [5, 5.41) is 0. The molecule has 5 heteroatoms. The van der Waals surface area contributed by atoms with Gasteiger partial charge in [-0.05, 0) is 42.9 Å². The second-order valence-electron chi connectivity index (χ2n) is 6.76. The van der Waals surface area contributed by atoms with E-state index >= 15 is 0 Å². The number of amides is 1. The first-order chi connectivity index (χ1) is 11.6. The van der Waals surface area contributed by atoms with Crippen molar-refractivity contribution in [1.29, 1.82) is 0 Å². The third-order valence-corrected chi connectivity index (χ3v) is 4.92. The van der Waals surface area contributed by atoms with Crippen molar-refractivity contribution in [2.45, 2.75) is 44.4 Å². The molecule has 1 saturated carbocycles. The Hall–Kier alpha value is -1.91. The van der Waals surface area contributed by atoms with Crippen LogP contribution >= 0.6 is 0 Å². The zero-order valence-electron chi connectivity index (χ0n) is 13.9. The molecule has 2 aliphatic rings. The van der Waals surface area contributed by atoms with E-state index in [2.05, 4.69) is 0 Å². The van der Waals surface area contributed by atoms with Crippen LogP contribution in [0.15, 0.2) is 24.3 Å². The summed E-state index contributed by atoms with van der Waals surface area (Å²) in [5.41, 5.74) is 0.826. The van der Waals surface area contributed by atoms with E-state index in [-0.39, 0.29) is 36.1 Å². The van der Waals surface area contributed by atoms with Crippen LogP contribution in [0, 0.1) is 11.7 Å². The number of ether oxygens (including phenoxy) is 1. The van der Waals surface area contributed by atoms with Crippen LogP contribution in [0.3, 0.4) is 0 Å². The number of carbonyl (C=O) groups excluding carboxylic acids is 2. The summed E-state index contributed by atoms with van der Waals surface area (Å²) in [7, 11) is 0. The van der Waals surface area contributed by atoms with Gasteiger partial charge < -0.3 is 9.64 Å². The molecule has 1 aliphatic heterocycles. The highest BCUT2D eigenvalue weighted by Gasteiger charge is 2.45. The standard InChI is InChI=1S/C19H24FNO3/c20-15-8-6-7-14(11-15)16-12-17(16)19(23)24-13-18(22)21-9-4-2-1-3-5-10-21/h6-8,11,16-17H,1-5,9-10,12-13H2/t16-,17+/m1/s1. The number of rotatable bonds is 4. The van der Waals surface area contributed by atoms with Crippen molar-refractivity contribution in [3.63, 3.8) is 0 Å². The molecule has 24 heavy (non-hydrogen) atoms. The van der Waals surface area contributed by atoms with E-state index in [1.165, 1.54) is 18.6 Å². The van der Waals surface area contributed by atoms with Crippen molar-refractivity contribution in [3.8, 4) is 0 Å². The number of esters is 1. The second kappa shape index (κ2) is 7.77. The Morgan fingerprint density at radius 2 is 1.83 bits per heavy atom. The van der Waals surface area contributed by atoms with Crippen LogP contribution in [0.2, 0.25) is 0 Å². The highest BCUT2D eigenvalue weighted by Crippen LogP contribution is 2.48. The lowest BCUT2D eigenvalue weighted by molar-refractivity contribution is -0.153. The molecule has 0 spiro atoms. The molecule has 1 aliphatic carbocycles. The number of nitrogens with zero attached hydrogens (tertiary/aromatic N) is 1. The van der Waals surface area contributed by atoms with Gasteiger partial charge in [-0.3, -0.25) is 9.59 Å². The van der Waals surface area contributed by atoms with Crippen LogP contribution in [0.25, 0.3) is 0 Å². The Balaban J connectivity index is 1.45. The number of benzene rings is 1. The fraction of sp³-hybridized carbons (Fsp3) is 0.579. The molecule has 0 bridgehead atoms. The lowest BCUT2D eigenvalue weighted by Crippen LogP contribution is -2.37. The Kier molecular flexibility index (Phi) is 5.48. The number of hydrogen-bond acceptors (Lipinski definition) is 3. The molecule has 3 rings (SSSR count). The first kappa shape index (κ1) is 16.9. The highest BCUT2D eigenvalue weighted by atomic mass is 19.1. The van der Waals surface area contributed by atoms with Gasteiger partial charge in [-0.2, -0.15) is 0 Å². The van der Waals surface area contributed by atoms with Crippen molar-refractivity contribution < 1.29 is 18.7 Å². The molecule has 1 aromatic rings. The minimum absolute atomic E-state index is 0.0185. The van der Waals surface area contributed by atoms with Gasteiger partial charge in [-0.1, -0.05) is 31.4 Å². The van der Waals surface area contributed by atoms with Crippen molar-refractivity contribution in [1.82, 2.24) is 4.90 Å². The van der Waals surface area contributed by atoms with Gasteiger partial charge in [0.1, 0.15) is 5.82 Å². The summed E-state index contributed by atoms with van der Waals surface area (Å²) in [5.74, 6) is -0.964. The van der Waals surface area contributed by atoms with Crippen molar-refractivity contribution in [2.24, 2.45) is 5.92 Å². The molecule has 0 unspecified atom stereocenters. The summed E-state index contributed by atoms with van der Waals surface area (Å²) in [6.07, 6.45) is 6.25. The van der Waals surface area contributed by atoms with Crippen LogP contribution < -0.4 is 0 Å². The minimum Gasteiger partial charge on any atom is -0.455 e. The first-order valence-corrected chi connectivity index (χ1v) is 8.85. The average molecular weight is 333 g/mol. The van der Waals surface area contributed by atoms with Crippen LogP contribution in [-0.4, -0.2) is 36.5 Å².